The Labute approximate surface area is 221 Å². The molecule has 6 nitrogen and oxygen atoms in total. The van der Waals surface area contributed by atoms with Gasteiger partial charge in [-0.15, -0.1) is 22.7 Å². The summed E-state index contributed by atoms with van der Waals surface area (Å²) in [7, 11) is 0. The summed E-state index contributed by atoms with van der Waals surface area (Å²) in [5.41, 5.74) is 7.86. The quantitative estimate of drug-likeness (QED) is 0.315. The van der Waals surface area contributed by atoms with Gasteiger partial charge in [0.15, 0.2) is 5.76 Å². The molecular formula is C28H25FN2O4S2. The fraction of sp³-hybridized carbons (Fsp3) is 0.250. The zero-order chi connectivity index (χ0) is 26.4. The van der Waals surface area contributed by atoms with Gasteiger partial charge in [-0.2, -0.15) is 0 Å². The first-order valence-electron chi connectivity index (χ1n) is 11.7. The summed E-state index contributed by atoms with van der Waals surface area (Å²) in [6.45, 7) is 5.56. The maximum atomic E-state index is 14.2. The van der Waals surface area contributed by atoms with Gasteiger partial charge in [0.2, 0.25) is 11.7 Å². The van der Waals surface area contributed by atoms with Crippen LogP contribution in [0.2, 0.25) is 0 Å². The van der Waals surface area contributed by atoms with Crippen LogP contribution in [0.3, 0.4) is 0 Å². The van der Waals surface area contributed by atoms with Gasteiger partial charge in [-0.25, -0.2) is 4.39 Å². The van der Waals surface area contributed by atoms with Crippen LogP contribution in [0.5, 0.6) is 0 Å². The van der Waals surface area contributed by atoms with Crippen molar-refractivity contribution in [1.82, 2.24) is 4.90 Å². The monoisotopic (exact) mass is 536 g/mol. The molecule has 4 unspecified atom stereocenters. The molecule has 2 amide bonds. The maximum absolute atomic E-state index is 14.2. The number of furan rings is 1. The number of Topliss-reactive ketones (excluding diaryl/α,β-unsaturated/α-hetero) is 1. The number of halogens is 1. The average Bonchev–Trinajstić information content (AvgIpc) is 3.64. The molecule has 0 bridgehead atoms. The fourth-order valence-electron chi connectivity index (χ4n) is 5.30. The Bertz CT molecular complexity index is 1500. The zero-order valence-corrected chi connectivity index (χ0v) is 22.1. The van der Waals surface area contributed by atoms with Crippen molar-refractivity contribution in [2.75, 3.05) is 0 Å². The van der Waals surface area contributed by atoms with Crippen LogP contribution >= 0.6 is 22.7 Å². The predicted octanol–water partition coefficient (Wildman–Crippen LogP) is 5.80. The van der Waals surface area contributed by atoms with Crippen LogP contribution in [-0.4, -0.2) is 28.5 Å². The summed E-state index contributed by atoms with van der Waals surface area (Å²) in [5.74, 6) is -3.01. The van der Waals surface area contributed by atoms with Crippen molar-refractivity contribution in [3.05, 3.63) is 103 Å². The number of hydrogen-bond donors (Lipinski definition) is 1. The van der Waals surface area contributed by atoms with Crippen molar-refractivity contribution >= 4 is 40.3 Å². The van der Waals surface area contributed by atoms with E-state index in [1.807, 2.05) is 36.7 Å². The standard InChI is InChI=1S/C28H25FN2O4S2/c1-14-9-11-36-25(14)21-20(24(32)19-8-7-16(3)35-19)22(26-15(2)10-12-37-26)31(23(21)27(30)33)28(34)17-5-4-6-18(29)13-17/h4-13,20-23H,1-3H3,(H2,30,33). The van der Waals surface area contributed by atoms with E-state index < -0.39 is 41.6 Å². The van der Waals surface area contributed by atoms with Gasteiger partial charge in [0.05, 0.1) is 12.0 Å². The number of carbonyl (C=O) groups excluding carboxylic acids is 3. The molecule has 4 atom stereocenters. The molecule has 1 saturated heterocycles. The lowest BCUT2D eigenvalue weighted by atomic mass is 9.80. The van der Waals surface area contributed by atoms with E-state index in [1.54, 1.807) is 19.1 Å². The van der Waals surface area contributed by atoms with E-state index in [9.17, 15) is 18.8 Å². The molecule has 1 aliphatic rings. The highest BCUT2D eigenvalue weighted by Gasteiger charge is 2.58. The van der Waals surface area contributed by atoms with Gasteiger partial charge in [0.1, 0.15) is 17.6 Å². The zero-order valence-electron chi connectivity index (χ0n) is 20.4. The summed E-state index contributed by atoms with van der Waals surface area (Å²) in [5, 5.41) is 3.78. The normalized spacial score (nSPS) is 21.4. The van der Waals surface area contributed by atoms with Crippen molar-refractivity contribution in [1.29, 1.82) is 0 Å². The summed E-state index contributed by atoms with van der Waals surface area (Å²) in [6.07, 6.45) is 0. The SMILES string of the molecule is Cc1ccc(C(=O)C2C(c3sccc3C)C(C(N)=O)N(C(=O)c3cccc(F)c3)C2c2sccc2C)o1. The Morgan fingerprint density at radius 3 is 2.16 bits per heavy atom. The van der Waals surface area contributed by atoms with Gasteiger partial charge < -0.3 is 15.1 Å². The summed E-state index contributed by atoms with van der Waals surface area (Å²) < 4.78 is 19.9. The molecule has 0 spiro atoms. The molecule has 5 rings (SSSR count). The van der Waals surface area contributed by atoms with Crippen LogP contribution in [0.25, 0.3) is 0 Å². The number of nitrogens with zero attached hydrogens (tertiary/aromatic N) is 1. The molecule has 0 saturated carbocycles. The lowest BCUT2D eigenvalue weighted by Gasteiger charge is -2.30. The average molecular weight is 537 g/mol. The number of likely N-dealkylation sites (tertiary alicyclic amines) is 1. The van der Waals surface area contributed by atoms with Crippen LogP contribution in [0, 0.1) is 32.5 Å². The Hall–Kier alpha value is -3.56. The van der Waals surface area contributed by atoms with E-state index >= 15 is 0 Å². The number of rotatable bonds is 6. The molecule has 1 aliphatic heterocycles. The van der Waals surface area contributed by atoms with Gasteiger partial charge in [-0.3, -0.25) is 14.4 Å². The van der Waals surface area contributed by atoms with E-state index in [0.29, 0.717) is 5.76 Å². The highest BCUT2D eigenvalue weighted by molar-refractivity contribution is 7.10. The topological polar surface area (TPSA) is 93.6 Å². The Kier molecular flexibility index (Phi) is 6.59. The number of hydrogen-bond acceptors (Lipinski definition) is 6. The summed E-state index contributed by atoms with van der Waals surface area (Å²) in [6, 6.07) is 10.5. The minimum absolute atomic E-state index is 0.0778. The van der Waals surface area contributed by atoms with Gasteiger partial charge in [0, 0.05) is 21.2 Å². The van der Waals surface area contributed by atoms with Crippen LogP contribution in [0.15, 0.2) is 63.7 Å². The number of carbonyl (C=O) groups is 3. The van der Waals surface area contributed by atoms with E-state index in [-0.39, 0.29) is 17.1 Å². The largest absolute Gasteiger partial charge is 0.458 e. The first-order valence-corrected chi connectivity index (χ1v) is 13.5. The van der Waals surface area contributed by atoms with Crippen molar-refractivity contribution in [3.63, 3.8) is 0 Å². The highest BCUT2D eigenvalue weighted by Crippen LogP contribution is 2.54. The number of nitrogens with two attached hydrogens (primary N) is 1. The lowest BCUT2D eigenvalue weighted by Crippen LogP contribution is -2.46. The number of benzene rings is 1. The van der Waals surface area contributed by atoms with Gasteiger partial charge in [-0.05, 0) is 85.1 Å². The van der Waals surface area contributed by atoms with E-state index in [1.165, 1.54) is 45.8 Å². The third-order valence-electron chi connectivity index (χ3n) is 6.92. The van der Waals surface area contributed by atoms with Crippen LogP contribution < -0.4 is 5.73 Å². The molecule has 4 aromatic rings. The third kappa shape index (κ3) is 4.32. The molecule has 37 heavy (non-hydrogen) atoms. The number of ketones is 1. The Balaban J connectivity index is 1.78. The van der Waals surface area contributed by atoms with Crippen LogP contribution in [-0.2, 0) is 4.79 Å². The molecule has 9 heteroatoms. The number of thiophene rings is 2. The van der Waals surface area contributed by atoms with E-state index in [2.05, 4.69) is 0 Å². The smallest absolute Gasteiger partial charge is 0.255 e. The molecular weight excluding hydrogens is 511 g/mol. The molecule has 4 heterocycles. The second-order valence-electron chi connectivity index (χ2n) is 9.28. The third-order valence-corrected chi connectivity index (χ3v) is 9.13. The van der Waals surface area contributed by atoms with E-state index in [0.717, 1.165) is 26.9 Å². The molecule has 1 fully saturated rings. The van der Waals surface area contributed by atoms with Crippen LogP contribution in [0.1, 0.15) is 59.5 Å². The summed E-state index contributed by atoms with van der Waals surface area (Å²) in [4.78, 5) is 44.4. The minimum atomic E-state index is -1.13. The lowest BCUT2D eigenvalue weighted by molar-refractivity contribution is -0.122. The molecule has 1 aromatic carbocycles. The maximum Gasteiger partial charge on any atom is 0.255 e. The second kappa shape index (κ2) is 9.72. The fourth-order valence-corrected chi connectivity index (χ4v) is 7.47. The van der Waals surface area contributed by atoms with E-state index in [4.69, 9.17) is 10.2 Å². The molecule has 2 N–H and O–H groups in total. The van der Waals surface area contributed by atoms with Gasteiger partial charge in [-0.1, -0.05) is 6.07 Å². The van der Waals surface area contributed by atoms with Crippen molar-refractivity contribution in [2.24, 2.45) is 11.7 Å². The Morgan fingerprint density at radius 2 is 1.62 bits per heavy atom. The highest BCUT2D eigenvalue weighted by atomic mass is 32.1. The van der Waals surface area contributed by atoms with Gasteiger partial charge >= 0.3 is 0 Å². The first kappa shape index (κ1) is 25.1. The number of amides is 2. The van der Waals surface area contributed by atoms with Crippen molar-refractivity contribution < 1.29 is 23.2 Å². The summed E-state index contributed by atoms with van der Waals surface area (Å²) >= 11 is 2.83. The molecule has 0 aliphatic carbocycles. The first-order chi connectivity index (χ1) is 17.7. The van der Waals surface area contributed by atoms with Crippen LogP contribution in [0.4, 0.5) is 4.39 Å². The molecule has 0 radical (unpaired) electrons. The Morgan fingerprint density at radius 1 is 0.946 bits per heavy atom. The molecule has 3 aromatic heterocycles. The second-order valence-corrected chi connectivity index (χ2v) is 11.2. The minimum Gasteiger partial charge on any atom is -0.458 e. The number of aryl methyl sites for hydroxylation is 3. The van der Waals surface area contributed by atoms with Gasteiger partial charge in [0.25, 0.3) is 5.91 Å². The number of primary amides is 1. The predicted molar refractivity (Wildman–Crippen MR) is 140 cm³/mol. The van der Waals surface area contributed by atoms with Crippen molar-refractivity contribution in [3.8, 4) is 0 Å². The van der Waals surface area contributed by atoms with Crippen molar-refractivity contribution in [2.45, 2.75) is 38.8 Å². The molecule has 190 valence electrons.